The number of sulfonamides is 1. The number of nitrogens with zero attached hydrogens (tertiary/aromatic N) is 1. The number of benzene rings is 1. The van der Waals surface area contributed by atoms with Crippen LogP contribution in [-0.4, -0.2) is 50.2 Å². The molecule has 1 unspecified atom stereocenters. The summed E-state index contributed by atoms with van der Waals surface area (Å²) in [6.45, 7) is 6.46. The van der Waals surface area contributed by atoms with Crippen LogP contribution >= 0.6 is 0 Å². The summed E-state index contributed by atoms with van der Waals surface area (Å²) >= 11 is 0. The Bertz CT molecular complexity index is 829. The molecule has 0 radical (unpaired) electrons. The summed E-state index contributed by atoms with van der Waals surface area (Å²) in [5, 5.41) is 3.18. The van der Waals surface area contributed by atoms with Gasteiger partial charge in [-0.05, 0) is 51.8 Å². The maximum atomic E-state index is 12.9. The minimum Gasteiger partial charge on any atom is -0.497 e. The van der Waals surface area contributed by atoms with E-state index in [2.05, 4.69) is 5.32 Å². The lowest BCUT2D eigenvalue weighted by Crippen LogP contribution is -2.46. The zero-order chi connectivity index (χ0) is 20.5. The van der Waals surface area contributed by atoms with Crippen LogP contribution in [0, 0.1) is 5.92 Å². The molecular weight excluding hydrogens is 380 g/mol. The fraction of sp³-hybridized carbons (Fsp3) is 0.650. The second-order valence-electron chi connectivity index (χ2n) is 8.10. The van der Waals surface area contributed by atoms with Crippen molar-refractivity contribution in [2.45, 2.75) is 51.7 Å². The molecule has 3 rings (SSSR count). The molecule has 0 saturated carbocycles. The van der Waals surface area contributed by atoms with E-state index in [0.29, 0.717) is 32.4 Å². The second-order valence-corrected chi connectivity index (χ2v) is 10.4. The molecule has 0 spiro atoms. The van der Waals surface area contributed by atoms with Crippen molar-refractivity contribution in [1.82, 2.24) is 9.62 Å². The molecule has 0 bridgehead atoms. The van der Waals surface area contributed by atoms with Gasteiger partial charge in [0.2, 0.25) is 15.9 Å². The molecule has 1 aromatic rings. The van der Waals surface area contributed by atoms with Crippen molar-refractivity contribution in [3.05, 3.63) is 23.8 Å². The quantitative estimate of drug-likeness (QED) is 0.806. The highest BCUT2D eigenvalue weighted by molar-refractivity contribution is 7.89. The summed E-state index contributed by atoms with van der Waals surface area (Å²) in [4.78, 5) is 12.9. The molecule has 1 amide bonds. The van der Waals surface area contributed by atoms with Crippen LogP contribution in [0.1, 0.15) is 51.6 Å². The van der Waals surface area contributed by atoms with E-state index in [4.69, 9.17) is 9.47 Å². The van der Waals surface area contributed by atoms with Crippen molar-refractivity contribution in [3.63, 3.8) is 0 Å². The standard InChI is InChI=1S/C20H30N2O5S/c1-5-28(24,25)22-10-8-14(9-11-22)19(23)21-17-13-20(2,3)27-18-7-6-15(26-4)12-16(17)18/h6-7,12,14,17H,5,8-11,13H2,1-4H3,(H,21,23). The molecule has 2 aliphatic heterocycles. The van der Waals surface area contributed by atoms with Crippen molar-refractivity contribution in [1.29, 1.82) is 0 Å². The summed E-state index contributed by atoms with van der Waals surface area (Å²) in [6.07, 6.45) is 1.74. The van der Waals surface area contributed by atoms with Gasteiger partial charge in [0, 0.05) is 31.0 Å². The minimum atomic E-state index is -3.19. The maximum Gasteiger partial charge on any atom is 0.223 e. The molecule has 1 atom stereocenters. The van der Waals surface area contributed by atoms with E-state index >= 15 is 0 Å². The van der Waals surface area contributed by atoms with Gasteiger partial charge in [0.15, 0.2) is 0 Å². The number of methoxy groups -OCH3 is 1. The van der Waals surface area contributed by atoms with Crippen molar-refractivity contribution >= 4 is 15.9 Å². The monoisotopic (exact) mass is 410 g/mol. The third-order valence-electron chi connectivity index (χ3n) is 5.57. The van der Waals surface area contributed by atoms with Crippen molar-refractivity contribution in [3.8, 4) is 11.5 Å². The second kappa shape index (κ2) is 7.91. The first kappa shape index (κ1) is 20.9. The Morgan fingerprint density at radius 3 is 2.61 bits per heavy atom. The van der Waals surface area contributed by atoms with Gasteiger partial charge in [-0.15, -0.1) is 0 Å². The van der Waals surface area contributed by atoms with E-state index in [1.807, 2.05) is 32.0 Å². The van der Waals surface area contributed by atoms with Gasteiger partial charge in [-0.1, -0.05) is 0 Å². The molecule has 2 aliphatic rings. The zero-order valence-corrected chi connectivity index (χ0v) is 17.8. The van der Waals surface area contributed by atoms with Gasteiger partial charge in [0.1, 0.15) is 17.1 Å². The largest absolute Gasteiger partial charge is 0.497 e. The minimum absolute atomic E-state index is 0.0231. The molecule has 1 fully saturated rings. The van der Waals surface area contributed by atoms with Crippen LogP contribution in [0.25, 0.3) is 0 Å². The van der Waals surface area contributed by atoms with E-state index in [1.54, 1.807) is 14.0 Å². The number of rotatable bonds is 5. The van der Waals surface area contributed by atoms with Gasteiger partial charge in [0.25, 0.3) is 0 Å². The number of ether oxygens (including phenoxy) is 2. The number of carbonyl (C=O) groups is 1. The lowest BCUT2D eigenvalue weighted by Gasteiger charge is -2.39. The molecular formula is C20H30N2O5S. The lowest BCUT2D eigenvalue weighted by molar-refractivity contribution is -0.127. The van der Waals surface area contributed by atoms with E-state index in [9.17, 15) is 13.2 Å². The van der Waals surface area contributed by atoms with E-state index in [1.165, 1.54) is 4.31 Å². The molecule has 8 heteroatoms. The first-order valence-electron chi connectivity index (χ1n) is 9.80. The molecule has 156 valence electrons. The van der Waals surface area contributed by atoms with E-state index in [-0.39, 0.29) is 23.6 Å². The molecule has 0 aromatic heterocycles. The molecule has 1 aromatic carbocycles. The van der Waals surface area contributed by atoms with Crippen LogP contribution in [0.3, 0.4) is 0 Å². The Balaban J connectivity index is 1.71. The zero-order valence-electron chi connectivity index (χ0n) is 17.0. The highest BCUT2D eigenvalue weighted by Crippen LogP contribution is 2.41. The fourth-order valence-corrected chi connectivity index (χ4v) is 5.09. The predicted octanol–water partition coefficient (Wildman–Crippen LogP) is 2.48. The van der Waals surface area contributed by atoms with Crippen LogP contribution in [0.2, 0.25) is 0 Å². The fourth-order valence-electron chi connectivity index (χ4n) is 3.96. The number of piperidine rings is 1. The van der Waals surface area contributed by atoms with Gasteiger partial charge >= 0.3 is 0 Å². The highest BCUT2D eigenvalue weighted by Gasteiger charge is 2.37. The van der Waals surface area contributed by atoms with E-state index < -0.39 is 15.6 Å². The first-order chi connectivity index (χ1) is 13.1. The highest BCUT2D eigenvalue weighted by atomic mass is 32.2. The van der Waals surface area contributed by atoms with Gasteiger partial charge in [-0.3, -0.25) is 4.79 Å². The molecule has 28 heavy (non-hydrogen) atoms. The average molecular weight is 411 g/mol. The van der Waals surface area contributed by atoms with E-state index in [0.717, 1.165) is 17.1 Å². The number of carbonyl (C=O) groups excluding carboxylic acids is 1. The Labute approximate surface area is 167 Å². The third-order valence-corrected chi connectivity index (χ3v) is 7.46. The number of amides is 1. The number of nitrogens with one attached hydrogen (secondary N) is 1. The Hall–Kier alpha value is -1.80. The number of hydrogen-bond acceptors (Lipinski definition) is 5. The first-order valence-corrected chi connectivity index (χ1v) is 11.4. The van der Waals surface area contributed by atoms with Crippen LogP contribution in [0.15, 0.2) is 18.2 Å². The van der Waals surface area contributed by atoms with Crippen molar-refractivity contribution in [2.75, 3.05) is 26.0 Å². The smallest absolute Gasteiger partial charge is 0.223 e. The summed E-state index contributed by atoms with van der Waals surface area (Å²) < 4.78 is 36.9. The molecule has 2 heterocycles. The summed E-state index contributed by atoms with van der Waals surface area (Å²) in [7, 11) is -1.58. The van der Waals surface area contributed by atoms with Gasteiger partial charge in [0.05, 0.1) is 18.9 Å². The predicted molar refractivity (Wildman–Crippen MR) is 107 cm³/mol. The summed E-state index contributed by atoms with van der Waals surface area (Å²) in [5.74, 6) is 1.37. The third kappa shape index (κ3) is 4.43. The average Bonchev–Trinajstić information content (AvgIpc) is 2.67. The SMILES string of the molecule is CCS(=O)(=O)N1CCC(C(=O)NC2CC(C)(C)Oc3ccc(OC)cc32)CC1. The molecule has 7 nitrogen and oxygen atoms in total. The van der Waals surface area contributed by atoms with Gasteiger partial charge < -0.3 is 14.8 Å². The van der Waals surface area contributed by atoms with Gasteiger partial charge in [-0.2, -0.15) is 0 Å². The van der Waals surface area contributed by atoms with Crippen LogP contribution in [0.5, 0.6) is 11.5 Å². The Morgan fingerprint density at radius 1 is 1.32 bits per heavy atom. The van der Waals surface area contributed by atoms with Crippen LogP contribution in [-0.2, 0) is 14.8 Å². The lowest BCUT2D eigenvalue weighted by atomic mass is 9.88. The molecule has 0 aliphatic carbocycles. The summed E-state index contributed by atoms with van der Waals surface area (Å²) in [6, 6.07) is 5.47. The topological polar surface area (TPSA) is 84.9 Å². The maximum absolute atomic E-state index is 12.9. The Morgan fingerprint density at radius 2 is 2.00 bits per heavy atom. The van der Waals surface area contributed by atoms with Crippen molar-refractivity contribution in [2.24, 2.45) is 5.92 Å². The molecule has 1 N–H and O–H groups in total. The molecule has 1 saturated heterocycles. The number of fused-ring (bicyclic) bond motifs is 1. The van der Waals surface area contributed by atoms with Crippen LogP contribution in [0.4, 0.5) is 0 Å². The Kier molecular flexibility index (Phi) is 5.91. The summed E-state index contributed by atoms with van der Waals surface area (Å²) in [5.41, 5.74) is 0.524. The number of hydrogen-bond donors (Lipinski definition) is 1. The normalized spacial score (nSPS) is 22.8. The van der Waals surface area contributed by atoms with Crippen molar-refractivity contribution < 1.29 is 22.7 Å². The van der Waals surface area contributed by atoms with Gasteiger partial charge in [-0.25, -0.2) is 12.7 Å². The van der Waals surface area contributed by atoms with Crippen LogP contribution < -0.4 is 14.8 Å².